The summed E-state index contributed by atoms with van der Waals surface area (Å²) < 4.78 is 0. The highest BCUT2D eigenvalue weighted by Crippen LogP contribution is 2.39. The van der Waals surface area contributed by atoms with Gasteiger partial charge in [0.05, 0.1) is 6.04 Å². The van der Waals surface area contributed by atoms with Gasteiger partial charge in [-0.15, -0.1) is 0 Å². The number of hydrogen-bond donors (Lipinski definition) is 0. The van der Waals surface area contributed by atoms with Crippen LogP contribution in [0.2, 0.25) is 0 Å². The van der Waals surface area contributed by atoms with Crippen molar-refractivity contribution < 1.29 is 4.79 Å². The molecular weight excluding hydrogens is 210 g/mol. The first kappa shape index (κ1) is 12.1. The van der Waals surface area contributed by atoms with Gasteiger partial charge in [-0.3, -0.25) is 0 Å². The normalized spacial score (nSPS) is 17.8. The van der Waals surface area contributed by atoms with Crippen molar-refractivity contribution in [1.82, 2.24) is 0 Å². The molecule has 0 amide bonds. The smallest absolute Gasteiger partial charge is 0.211 e. The Bertz CT molecular complexity index is 440. The van der Waals surface area contributed by atoms with Crippen LogP contribution in [0, 0.1) is 19.8 Å². The van der Waals surface area contributed by atoms with Crippen molar-refractivity contribution in [2.24, 2.45) is 10.9 Å². The summed E-state index contributed by atoms with van der Waals surface area (Å²) in [6.07, 6.45) is 6.66. The fourth-order valence-corrected chi connectivity index (χ4v) is 2.84. The zero-order valence-corrected chi connectivity index (χ0v) is 10.6. The first-order chi connectivity index (χ1) is 8.22. The lowest BCUT2D eigenvalue weighted by Crippen LogP contribution is -2.09. The van der Waals surface area contributed by atoms with Crippen LogP contribution >= 0.6 is 0 Å². The van der Waals surface area contributed by atoms with E-state index in [-0.39, 0.29) is 6.04 Å². The molecule has 1 unspecified atom stereocenters. The van der Waals surface area contributed by atoms with E-state index in [1.807, 2.05) is 0 Å². The zero-order chi connectivity index (χ0) is 12.3. The van der Waals surface area contributed by atoms with Gasteiger partial charge in [0.2, 0.25) is 6.08 Å². The molecule has 1 atom stereocenters. The lowest BCUT2D eigenvalue weighted by atomic mass is 9.89. The van der Waals surface area contributed by atoms with Crippen LogP contribution in [-0.2, 0) is 4.79 Å². The van der Waals surface area contributed by atoms with Crippen LogP contribution in [0.25, 0.3) is 0 Å². The predicted octanol–water partition coefficient (Wildman–Crippen LogP) is 3.87. The molecule has 2 nitrogen and oxygen atoms in total. The number of benzene rings is 1. The van der Waals surface area contributed by atoms with Crippen LogP contribution in [0.3, 0.4) is 0 Å². The Hall–Kier alpha value is -1.40. The van der Waals surface area contributed by atoms with Gasteiger partial charge in [0.1, 0.15) is 0 Å². The molecule has 17 heavy (non-hydrogen) atoms. The number of carbonyl (C=O) groups excluding carboxylic acids is 1. The van der Waals surface area contributed by atoms with Crippen molar-refractivity contribution in [3.8, 4) is 0 Å². The monoisotopic (exact) mass is 229 g/mol. The van der Waals surface area contributed by atoms with Gasteiger partial charge < -0.3 is 0 Å². The number of isocyanates is 1. The first-order valence-electron chi connectivity index (χ1n) is 6.36. The van der Waals surface area contributed by atoms with Gasteiger partial charge in [0.25, 0.3) is 0 Å². The molecule has 1 aromatic carbocycles. The molecule has 0 bridgehead atoms. The van der Waals surface area contributed by atoms with Crippen molar-refractivity contribution in [2.45, 2.75) is 45.6 Å². The molecule has 0 radical (unpaired) electrons. The molecule has 1 aromatic rings. The highest BCUT2D eigenvalue weighted by atomic mass is 16.1. The molecule has 0 spiro atoms. The van der Waals surface area contributed by atoms with E-state index in [9.17, 15) is 4.79 Å². The van der Waals surface area contributed by atoms with Gasteiger partial charge in [0, 0.05) is 0 Å². The van der Waals surface area contributed by atoms with Crippen LogP contribution in [0.5, 0.6) is 0 Å². The minimum atomic E-state index is 0.0231. The fraction of sp³-hybridized carbons (Fsp3) is 0.533. The van der Waals surface area contributed by atoms with E-state index < -0.39 is 0 Å². The van der Waals surface area contributed by atoms with Crippen molar-refractivity contribution in [3.63, 3.8) is 0 Å². The van der Waals surface area contributed by atoms with E-state index in [1.165, 1.54) is 42.4 Å². The van der Waals surface area contributed by atoms with Crippen LogP contribution in [0.1, 0.15) is 48.4 Å². The molecule has 1 fully saturated rings. The van der Waals surface area contributed by atoms with Gasteiger partial charge in [-0.05, 0) is 43.7 Å². The third-order valence-corrected chi connectivity index (χ3v) is 3.79. The molecule has 0 heterocycles. The van der Waals surface area contributed by atoms with E-state index in [0.717, 1.165) is 0 Å². The number of hydrogen-bond acceptors (Lipinski definition) is 2. The fourth-order valence-electron chi connectivity index (χ4n) is 2.84. The number of rotatable bonds is 3. The second-order valence-corrected chi connectivity index (χ2v) is 5.07. The summed E-state index contributed by atoms with van der Waals surface area (Å²) in [6.45, 7) is 4.18. The highest BCUT2D eigenvalue weighted by Gasteiger charge is 2.27. The molecule has 2 rings (SSSR count). The van der Waals surface area contributed by atoms with Crippen molar-refractivity contribution >= 4 is 6.08 Å². The highest BCUT2D eigenvalue weighted by molar-refractivity contribution is 5.39. The number of nitrogens with zero attached hydrogens (tertiary/aromatic N) is 1. The molecule has 1 saturated carbocycles. The average Bonchev–Trinajstić information content (AvgIpc) is 2.83. The van der Waals surface area contributed by atoms with Crippen LogP contribution < -0.4 is 0 Å². The summed E-state index contributed by atoms with van der Waals surface area (Å²) in [7, 11) is 0. The third kappa shape index (κ3) is 2.65. The lowest BCUT2D eigenvalue weighted by molar-refractivity contribution is 0.441. The Balaban J connectivity index is 2.37. The van der Waals surface area contributed by atoms with Crippen LogP contribution in [-0.4, -0.2) is 6.08 Å². The molecule has 1 aliphatic carbocycles. The predicted molar refractivity (Wildman–Crippen MR) is 68.7 cm³/mol. The molecule has 2 heteroatoms. The van der Waals surface area contributed by atoms with Gasteiger partial charge >= 0.3 is 0 Å². The largest absolute Gasteiger partial charge is 0.235 e. The average molecular weight is 229 g/mol. The molecule has 0 aliphatic heterocycles. The minimum Gasteiger partial charge on any atom is -0.211 e. The summed E-state index contributed by atoms with van der Waals surface area (Å²) >= 11 is 0. The van der Waals surface area contributed by atoms with Gasteiger partial charge in [-0.25, -0.2) is 4.79 Å². The first-order valence-corrected chi connectivity index (χ1v) is 6.36. The summed E-state index contributed by atoms with van der Waals surface area (Å²) in [4.78, 5) is 14.7. The van der Waals surface area contributed by atoms with Crippen LogP contribution in [0.4, 0.5) is 0 Å². The van der Waals surface area contributed by atoms with E-state index in [4.69, 9.17) is 0 Å². The lowest BCUT2D eigenvalue weighted by Gasteiger charge is -2.20. The maximum absolute atomic E-state index is 10.6. The summed E-state index contributed by atoms with van der Waals surface area (Å²) in [5.41, 5.74) is 3.67. The molecule has 0 aromatic heterocycles. The summed E-state index contributed by atoms with van der Waals surface area (Å²) in [5.74, 6) is 0.525. The number of aliphatic imine (C=N–C) groups is 1. The maximum Gasteiger partial charge on any atom is 0.235 e. The second kappa shape index (κ2) is 5.29. The van der Waals surface area contributed by atoms with Crippen molar-refractivity contribution in [1.29, 1.82) is 0 Å². The Morgan fingerprint density at radius 3 is 2.65 bits per heavy atom. The van der Waals surface area contributed by atoms with Crippen molar-refractivity contribution in [2.75, 3.05) is 0 Å². The summed E-state index contributed by atoms with van der Waals surface area (Å²) in [6, 6.07) is 6.41. The molecule has 0 saturated heterocycles. The van der Waals surface area contributed by atoms with E-state index in [0.29, 0.717) is 5.92 Å². The topological polar surface area (TPSA) is 29.4 Å². The van der Waals surface area contributed by atoms with E-state index in [2.05, 4.69) is 37.0 Å². The SMILES string of the molecule is Cc1ccc(C)c(C(N=C=O)C2CCCC2)c1. The maximum atomic E-state index is 10.6. The van der Waals surface area contributed by atoms with Crippen molar-refractivity contribution in [3.05, 3.63) is 34.9 Å². The Labute approximate surface area is 103 Å². The standard InChI is InChI=1S/C15H19NO/c1-11-7-8-12(2)14(9-11)15(16-10-17)13-5-3-4-6-13/h7-9,13,15H,3-6H2,1-2H3. The Morgan fingerprint density at radius 2 is 2.00 bits per heavy atom. The van der Waals surface area contributed by atoms with E-state index >= 15 is 0 Å². The minimum absolute atomic E-state index is 0.0231. The zero-order valence-electron chi connectivity index (χ0n) is 10.6. The Kier molecular flexibility index (Phi) is 3.75. The van der Waals surface area contributed by atoms with Gasteiger partial charge in [-0.1, -0.05) is 36.6 Å². The number of aryl methyl sites for hydroxylation is 2. The van der Waals surface area contributed by atoms with Gasteiger partial charge in [-0.2, -0.15) is 4.99 Å². The quantitative estimate of drug-likeness (QED) is 0.571. The molecular formula is C15H19NO. The van der Waals surface area contributed by atoms with Gasteiger partial charge in [0.15, 0.2) is 0 Å². The second-order valence-electron chi connectivity index (χ2n) is 5.07. The van der Waals surface area contributed by atoms with E-state index in [1.54, 1.807) is 6.08 Å². The summed E-state index contributed by atoms with van der Waals surface area (Å²) in [5, 5.41) is 0. The Morgan fingerprint density at radius 1 is 1.29 bits per heavy atom. The molecule has 0 N–H and O–H groups in total. The molecule has 1 aliphatic rings. The van der Waals surface area contributed by atoms with Crippen LogP contribution in [0.15, 0.2) is 23.2 Å². The third-order valence-electron chi connectivity index (χ3n) is 3.79. The molecule has 90 valence electrons.